The molecule has 0 amide bonds. The zero-order valence-electron chi connectivity index (χ0n) is 6.65. The molecule has 0 aromatic carbocycles. The van der Waals surface area contributed by atoms with Gasteiger partial charge in [-0.15, -0.1) is 5.10 Å². The fourth-order valence-corrected chi connectivity index (χ4v) is 1.41. The first-order chi connectivity index (χ1) is 6.59. The lowest BCUT2D eigenvalue weighted by Gasteiger charge is -1.97. The molecule has 4 nitrogen and oxygen atoms in total. The Morgan fingerprint density at radius 3 is 2.79 bits per heavy atom. The minimum atomic E-state index is -2.72. The summed E-state index contributed by atoms with van der Waals surface area (Å²) in [5.74, 6) is -0.639. The predicted molar refractivity (Wildman–Crippen MR) is 47.3 cm³/mol. The summed E-state index contributed by atoms with van der Waals surface area (Å²) >= 11 is 3.01. The maximum Gasteiger partial charge on any atom is 0.299 e. The summed E-state index contributed by atoms with van der Waals surface area (Å²) in [5, 5.41) is 12.8. The molecule has 2 heterocycles. The third kappa shape index (κ3) is 1.33. The molecular weight excluding hydrogens is 260 g/mol. The molecule has 0 bridgehead atoms. The molecule has 0 saturated carbocycles. The number of hydrogen-bond donors (Lipinski definition) is 1. The smallest absolute Gasteiger partial charge is 0.299 e. The molecule has 1 N–H and O–H groups in total. The summed E-state index contributed by atoms with van der Waals surface area (Å²) < 4.78 is 25.8. The van der Waals surface area contributed by atoms with Gasteiger partial charge in [0, 0.05) is 0 Å². The summed E-state index contributed by atoms with van der Waals surface area (Å²) in [7, 11) is 0. The molecule has 0 atom stereocenters. The minimum Gasteiger partial charge on any atom is -0.505 e. The van der Waals surface area contributed by atoms with Gasteiger partial charge in [-0.2, -0.15) is 0 Å². The number of pyridine rings is 1. The number of aromatic hydroxyl groups is 1. The topological polar surface area (TPSA) is 50.4 Å². The first-order valence-corrected chi connectivity index (χ1v) is 4.41. The highest BCUT2D eigenvalue weighted by molar-refractivity contribution is 9.10. The third-order valence-corrected chi connectivity index (χ3v) is 2.37. The van der Waals surface area contributed by atoms with Gasteiger partial charge >= 0.3 is 0 Å². The van der Waals surface area contributed by atoms with Crippen LogP contribution in [0.4, 0.5) is 8.78 Å². The fourth-order valence-electron chi connectivity index (χ4n) is 1.02. The molecule has 0 spiro atoms. The van der Waals surface area contributed by atoms with E-state index in [1.165, 1.54) is 12.1 Å². The number of fused-ring (bicyclic) bond motifs is 1. The van der Waals surface area contributed by atoms with Crippen LogP contribution in [-0.2, 0) is 0 Å². The van der Waals surface area contributed by atoms with Gasteiger partial charge in [-0.3, -0.25) is 0 Å². The van der Waals surface area contributed by atoms with E-state index in [4.69, 9.17) is 0 Å². The van der Waals surface area contributed by atoms with Crippen molar-refractivity contribution in [3.8, 4) is 5.75 Å². The van der Waals surface area contributed by atoms with Gasteiger partial charge in [0.2, 0.25) is 5.82 Å². The van der Waals surface area contributed by atoms with Crippen molar-refractivity contribution in [3.63, 3.8) is 0 Å². The molecule has 0 aliphatic carbocycles. The van der Waals surface area contributed by atoms with E-state index in [1.54, 1.807) is 0 Å². The fraction of sp³-hybridized carbons (Fsp3) is 0.143. The van der Waals surface area contributed by atoms with E-state index in [0.29, 0.717) is 0 Å². The van der Waals surface area contributed by atoms with Gasteiger partial charge in [-0.1, -0.05) is 0 Å². The van der Waals surface area contributed by atoms with Crippen LogP contribution < -0.4 is 0 Å². The summed E-state index contributed by atoms with van der Waals surface area (Å²) in [4.78, 5) is 3.57. The van der Waals surface area contributed by atoms with Crippen LogP contribution in [0.1, 0.15) is 12.2 Å². The molecule has 2 aromatic heterocycles. The van der Waals surface area contributed by atoms with Crippen LogP contribution in [0.5, 0.6) is 5.75 Å². The lowest BCUT2D eigenvalue weighted by molar-refractivity contribution is 0.140. The van der Waals surface area contributed by atoms with Gasteiger partial charge in [0.15, 0.2) is 10.3 Å². The van der Waals surface area contributed by atoms with Crippen LogP contribution in [0.25, 0.3) is 5.65 Å². The number of hydrogen-bond acceptors (Lipinski definition) is 3. The average molecular weight is 264 g/mol. The molecule has 14 heavy (non-hydrogen) atoms. The van der Waals surface area contributed by atoms with Crippen molar-refractivity contribution in [3.05, 3.63) is 22.6 Å². The second kappa shape index (κ2) is 3.16. The first kappa shape index (κ1) is 9.32. The SMILES string of the molecule is Oc1ccc2nc(C(F)F)nn2c1Br. The summed E-state index contributed by atoms with van der Waals surface area (Å²) in [6, 6.07) is 2.75. The number of rotatable bonds is 1. The van der Waals surface area contributed by atoms with Crippen LogP contribution in [0.2, 0.25) is 0 Å². The number of nitrogens with zero attached hydrogens (tertiary/aromatic N) is 3. The van der Waals surface area contributed by atoms with Gasteiger partial charge in [0.05, 0.1) is 0 Å². The molecule has 74 valence electrons. The van der Waals surface area contributed by atoms with Crippen LogP contribution in [0.15, 0.2) is 16.7 Å². The average Bonchev–Trinajstić information content (AvgIpc) is 2.56. The third-order valence-electron chi connectivity index (χ3n) is 1.63. The molecule has 7 heteroatoms. The molecule has 0 unspecified atom stereocenters. The van der Waals surface area contributed by atoms with E-state index >= 15 is 0 Å². The predicted octanol–water partition coefficient (Wildman–Crippen LogP) is 2.13. The van der Waals surface area contributed by atoms with E-state index in [2.05, 4.69) is 26.0 Å². The summed E-state index contributed by atoms with van der Waals surface area (Å²) in [6.07, 6.45) is -2.72. The highest BCUT2D eigenvalue weighted by atomic mass is 79.9. The van der Waals surface area contributed by atoms with Crippen LogP contribution in [-0.4, -0.2) is 19.7 Å². The Kier molecular flexibility index (Phi) is 2.10. The van der Waals surface area contributed by atoms with Gasteiger partial charge in [0.1, 0.15) is 5.75 Å². The number of alkyl halides is 2. The van der Waals surface area contributed by atoms with Gasteiger partial charge in [-0.25, -0.2) is 18.3 Å². The summed E-state index contributed by atoms with van der Waals surface area (Å²) in [6.45, 7) is 0. The van der Waals surface area contributed by atoms with Gasteiger partial charge in [0.25, 0.3) is 6.43 Å². The van der Waals surface area contributed by atoms with Crippen molar-refractivity contribution < 1.29 is 13.9 Å². The Morgan fingerprint density at radius 2 is 2.14 bits per heavy atom. The van der Waals surface area contributed by atoms with Crippen molar-refractivity contribution in [1.29, 1.82) is 0 Å². The van der Waals surface area contributed by atoms with Gasteiger partial charge in [-0.05, 0) is 28.1 Å². The highest BCUT2D eigenvalue weighted by Gasteiger charge is 2.15. The first-order valence-electron chi connectivity index (χ1n) is 3.62. The Bertz CT molecular complexity index is 485. The Morgan fingerprint density at radius 1 is 1.43 bits per heavy atom. The van der Waals surface area contributed by atoms with E-state index in [-0.39, 0.29) is 16.0 Å². The molecule has 0 saturated heterocycles. The molecular formula is C7H4BrF2N3O. The lowest BCUT2D eigenvalue weighted by atomic mass is 10.4. The van der Waals surface area contributed by atoms with Crippen LogP contribution in [0, 0.1) is 0 Å². The molecule has 0 fully saturated rings. The molecule has 0 radical (unpaired) electrons. The zero-order valence-corrected chi connectivity index (χ0v) is 8.24. The van der Waals surface area contributed by atoms with E-state index in [0.717, 1.165) is 4.52 Å². The van der Waals surface area contributed by atoms with Crippen molar-refractivity contribution >= 4 is 21.6 Å². The zero-order chi connectivity index (χ0) is 10.3. The van der Waals surface area contributed by atoms with Crippen LogP contribution >= 0.6 is 15.9 Å². The molecule has 0 aliphatic rings. The van der Waals surface area contributed by atoms with Crippen molar-refractivity contribution in [2.24, 2.45) is 0 Å². The molecule has 2 aromatic rings. The monoisotopic (exact) mass is 263 g/mol. The molecule has 0 aliphatic heterocycles. The second-order valence-electron chi connectivity index (χ2n) is 2.55. The van der Waals surface area contributed by atoms with E-state index in [1.807, 2.05) is 0 Å². The number of aromatic nitrogens is 3. The quantitative estimate of drug-likeness (QED) is 0.803. The number of halogens is 3. The van der Waals surface area contributed by atoms with Crippen molar-refractivity contribution in [1.82, 2.24) is 14.6 Å². The minimum absolute atomic E-state index is 0.0804. The Labute approximate surface area is 85.3 Å². The second-order valence-corrected chi connectivity index (χ2v) is 3.30. The maximum atomic E-state index is 12.2. The van der Waals surface area contributed by atoms with Crippen molar-refractivity contribution in [2.45, 2.75) is 6.43 Å². The van der Waals surface area contributed by atoms with E-state index in [9.17, 15) is 13.9 Å². The maximum absolute atomic E-state index is 12.2. The van der Waals surface area contributed by atoms with Gasteiger partial charge < -0.3 is 5.11 Å². The standard InChI is InChI=1S/C7H4BrF2N3O/c8-5-3(14)1-2-4-11-7(6(9)10)12-13(4)5/h1-2,6,14H. The summed E-state index contributed by atoms with van der Waals surface area (Å²) in [5.41, 5.74) is 0.255. The lowest BCUT2D eigenvalue weighted by Crippen LogP contribution is -1.91. The normalized spacial score (nSPS) is 11.4. The largest absolute Gasteiger partial charge is 0.505 e. The Hall–Kier alpha value is -1.24. The Balaban J connectivity index is 2.71. The highest BCUT2D eigenvalue weighted by Crippen LogP contribution is 2.25. The van der Waals surface area contributed by atoms with Crippen molar-refractivity contribution in [2.75, 3.05) is 0 Å². The molecule has 2 rings (SSSR count). The van der Waals surface area contributed by atoms with E-state index < -0.39 is 12.2 Å². The van der Waals surface area contributed by atoms with Crippen LogP contribution in [0.3, 0.4) is 0 Å².